The smallest absolute Gasteiger partial charge is 0.408 e. The van der Waals surface area contributed by atoms with E-state index in [1.165, 1.54) is 5.56 Å². The van der Waals surface area contributed by atoms with Crippen LogP contribution in [0.15, 0.2) is 78.9 Å². The number of alkyl carbamates (subject to hydrolysis) is 1. The second-order valence-corrected chi connectivity index (χ2v) is 10.9. The van der Waals surface area contributed by atoms with Crippen LogP contribution in [-0.4, -0.2) is 59.3 Å². The SMILES string of the molecule is CCC[C@@H](NC(=O)C1(NC(=O)OCC2c3ccccc3-c3ccccc32)CCN(Cc2ccccc2)CC1)C(=O)O. The Bertz CT molecular complexity index is 1340. The van der Waals surface area contributed by atoms with E-state index in [4.69, 9.17) is 4.74 Å². The number of rotatable bonds is 10. The van der Waals surface area contributed by atoms with Crippen LogP contribution in [0.25, 0.3) is 11.1 Å². The van der Waals surface area contributed by atoms with Gasteiger partial charge in [0.05, 0.1) is 0 Å². The van der Waals surface area contributed by atoms with Crippen molar-refractivity contribution >= 4 is 18.0 Å². The molecule has 3 aromatic rings. The first-order valence-electron chi connectivity index (χ1n) is 14.3. The minimum atomic E-state index is -1.27. The predicted molar refractivity (Wildman–Crippen MR) is 156 cm³/mol. The van der Waals surface area contributed by atoms with E-state index in [1.54, 1.807) is 0 Å². The van der Waals surface area contributed by atoms with E-state index >= 15 is 0 Å². The minimum absolute atomic E-state index is 0.105. The molecule has 0 unspecified atom stereocenters. The summed E-state index contributed by atoms with van der Waals surface area (Å²) in [5.41, 5.74) is 4.38. The Morgan fingerprint density at radius 3 is 2.10 bits per heavy atom. The monoisotopic (exact) mass is 555 g/mol. The zero-order valence-electron chi connectivity index (χ0n) is 23.3. The maximum absolute atomic E-state index is 13.6. The molecule has 1 fully saturated rings. The summed E-state index contributed by atoms with van der Waals surface area (Å²) in [5, 5.41) is 15.2. The van der Waals surface area contributed by atoms with Crippen molar-refractivity contribution in [2.45, 2.75) is 56.7 Å². The third kappa shape index (κ3) is 6.28. The molecule has 1 aliphatic heterocycles. The molecule has 0 saturated carbocycles. The van der Waals surface area contributed by atoms with Gasteiger partial charge in [-0.15, -0.1) is 0 Å². The maximum atomic E-state index is 13.6. The van der Waals surface area contributed by atoms with Crippen LogP contribution in [-0.2, 0) is 20.9 Å². The molecule has 41 heavy (non-hydrogen) atoms. The Labute approximate surface area is 240 Å². The number of aliphatic carboxylic acids is 1. The van der Waals surface area contributed by atoms with E-state index in [2.05, 4.69) is 51.9 Å². The van der Waals surface area contributed by atoms with Crippen molar-refractivity contribution in [2.75, 3.05) is 19.7 Å². The lowest BCUT2D eigenvalue weighted by atomic mass is 9.86. The number of ether oxygens (including phenoxy) is 1. The number of nitrogens with zero attached hydrogens (tertiary/aromatic N) is 1. The standard InChI is InChI=1S/C33H37N3O5/c1-2-10-29(30(37)38)34-31(39)33(17-19-36(20-18-33)21-23-11-4-3-5-12-23)35-32(40)41-22-28-26-15-8-6-13-24(26)25-14-7-9-16-27(25)28/h3-9,11-16,28-29H,2,10,17-22H2,1H3,(H,34,39)(H,35,40)(H,37,38)/t29-/m1/s1. The summed E-state index contributed by atoms with van der Waals surface area (Å²) in [4.78, 5) is 41.0. The third-order valence-electron chi connectivity index (χ3n) is 8.26. The summed E-state index contributed by atoms with van der Waals surface area (Å²) in [6.07, 6.45) is 0.917. The molecule has 0 radical (unpaired) electrons. The molecule has 214 valence electrons. The lowest BCUT2D eigenvalue weighted by Gasteiger charge is -2.41. The van der Waals surface area contributed by atoms with Crippen LogP contribution < -0.4 is 10.6 Å². The molecule has 2 amide bonds. The summed E-state index contributed by atoms with van der Waals surface area (Å²) in [7, 11) is 0. The summed E-state index contributed by atoms with van der Waals surface area (Å²) >= 11 is 0. The van der Waals surface area contributed by atoms with Gasteiger partial charge >= 0.3 is 12.1 Å². The maximum Gasteiger partial charge on any atom is 0.408 e. The van der Waals surface area contributed by atoms with Crippen molar-refractivity contribution in [1.29, 1.82) is 0 Å². The van der Waals surface area contributed by atoms with E-state index < -0.39 is 29.6 Å². The van der Waals surface area contributed by atoms with E-state index in [-0.39, 0.29) is 12.5 Å². The number of carboxylic acids is 1. The fraction of sp³-hybridized carbons (Fsp3) is 0.364. The van der Waals surface area contributed by atoms with Crippen LogP contribution in [0.1, 0.15) is 55.2 Å². The first-order chi connectivity index (χ1) is 19.9. The molecule has 8 heteroatoms. The molecular formula is C33H37N3O5. The number of benzene rings is 3. The van der Waals surface area contributed by atoms with Crippen molar-refractivity contribution < 1.29 is 24.2 Å². The molecule has 1 heterocycles. The zero-order valence-corrected chi connectivity index (χ0v) is 23.3. The fourth-order valence-corrected chi connectivity index (χ4v) is 6.02. The number of fused-ring (bicyclic) bond motifs is 3. The molecule has 1 saturated heterocycles. The van der Waals surface area contributed by atoms with Gasteiger partial charge in [-0.2, -0.15) is 0 Å². The number of likely N-dealkylation sites (tertiary alicyclic amines) is 1. The highest BCUT2D eigenvalue weighted by atomic mass is 16.5. The van der Waals surface area contributed by atoms with Gasteiger partial charge in [0, 0.05) is 25.6 Å². The summed E-state index contributed by atoms with van der Waals surface area (Å²) in [5.74, 6) is -1.67. The van der Waals surface area contributed by atoms with Gasteiger partial charge in [-0.1, -0.05) is 92.2 Å². The molecular weight excluding hydrogens is 518 g/mol. The van der Waals surface area contributed by atoms with Gasteiger partial charge in [0.25, 0.3) is 0 Å². The summed E-state index contributed by atoms with van der Waals surface area (Å²) in [6, 6.07) is 25.3. The first kappa shape index (κ1) is 28.4. The number of carbonyl (C=O) groups is 3. The van der Waals surface area contributed by atoms with Crippen LogP contribution in [0.5, 0.6) is 0 Å². The quantitative estimate of drug-likeness (QED) is 0.328. The van der Waals surface area contributed by atoms with Crippen LogP contribution in [0.2, 0.25) is 0 Å². The number of hydrogen-bond donors (Lipinski definition) is 3. The number of nitrogens with one attached hydrogen (secondary N) is 2. The van der Waals surface area contributed by atoms with Crippen molar-refractivity contribution in [3.8, 4) is 11.1 Å². The average Bonchev–Trinajstić information content (AvgIpc) is 3.31. The van der Waals surface area contributed by atoms with Crippen molar-refractivity contribution in [3.05, 3.63) is 95.6 Å². The van der Waals surface area contributed by atoms with Crippen LogP contribution >= 0.6 is 0 Å². The van der Waals surface area contributed by atoms with Crippen molar-refractivity contribution in [1.82, 2.24) is 15.5 Å². The lowest BCUT2D eigenvalue weighted by molar-refractivity contribution is -0.143. The van der Waals surface area contributed by atoms with Gasteiger partial charge in [0.1, 0.15) is 18.2 Å². The van der Waals surface area contributed by atoms with Crippen LogP contribution in [0.3, 0.4) is 0 Å². The van der Waals surface area contributed by atoms with E-state index in [1.807, 2.05) is 49.4 Å². The fourth-order valence-electron chi connectivity index (χ4n) is 6.02. The van der Waals surface area contributed by atoms with Gasteiger partial charge in [-0.3, -0.25) is 9.69 Å². The highest BCUT2D eigenvalue weighted by Crippen LogP contribution is 2.44. The number of amides is 2. The van der Waals surface area contributed by atoms with Gasteiger partial charge in [-0.05, 0) is 47.1 Å². The highest BCUT2D eigenvalue weighted by Gasteiger charge is 2.44. The number of carboxylic acid groups (broad SMARTS) is 1. The second kappa shape index (κ2) is 12.6. The molecule has 1 aliphatic carbocycles. The van der Waals surface area contributed by atoms with Gasteiger partial charge < -0.3 is 20.5 Å². The number of carbonyl (C=O) groups excluding carboxylic acids is 2. The molecule has 3 aromatic carbocycles. The third-order valence-corrected chi connectivity index (χ3v) is 8.26. The molecule has 0 spiro atoms. The molecule has 0 aromatic heterocycles. The Balaban J connectivity index is 1.29. The molecule has 0 bridgehead atoms. The normalized spacial score (nSPS) is 16.7. The Kier molecular flexibility index (Phi) is 8.69. The minimum Gasteiger partial charge on any atom is -0.480 e. The molecule has 5 rings (SSSR count). The Morgan fingerprint density at radius 2 is 1.51 bits per heavy atom. The number of hydrogen-bond acceptors (Lipinski definition) is 5. The first-order valence-corrected chi connectivity index (χ1v) is 14.3. The van der Waals surface area contributed by atoms with Crippen LogP contribution in [0, 0.1) is 0 Å². The second-order valence-electron chi connectivity index (χ2n) is 10.9. The van der Waals surface area contributed by atoms with Gasteiger partial charge in [0.15, 0.2) is 0 Å². The lowest BCUT2D eigenvalue weighted by Crippen LogP contribution is -2.64. The molecule has 8 nitrogen and oxygen atoms in total. The van der Waals surface area contributed by atoms with Crippen molar-refractivity contribution in [2.24, 2.45) is 0 Å². The molecule has 2 aliphatic rings. The van der Waals surface area contributed by atoms with Gasteiger partial charge in [-0.25, -0.2) is 9.59 Å². The topological polar surface area (TPSA) is 108 Å². The average molecular weight is 556 g/mol. The summed E-state index contributed by atoms with van der Waals surface area (Å²) < 4.78 is 5.78. The Hall–Kier alpha value is -4.17. The predicted octanol–water partition coefficient (Wildman–Crippen LogP) is 4.93. The number of piperidine rings is 1. The largest absolute Gasteiger partial charge is 0.480 e. The van der Waals surface area contributed by atoms with Gasteiger partial charge in [0.2, 0.25) is 5.91 Å². The highest BCUT2D eigenvalue weighted by molar-refractivity contribution is 5.93. The van der Waals surface area contributed by atoms with E-state index in [9.17, 15) is 19.5 Å². The Morgan fingerprint density at radius 1 is 0.927 bits per heavy atom. The molecule has 3 N–H and O–H groups in total. The van der Waals surface area contributed by atoms with E-state index in [0.29, 0.717) is 38.8 Å². The van der Waals surface area contributed by atoms with Crippen molar-refractivity contribution in [3.63, 3.8) is 0 Å². The molecule has 1 atom stereocenters. The van der Waals surface area contributed by atoms with Crippen LogP contribution in [0.4, 0.5) is 4.79 Å². The zero-order chi connectivity index (χ0) is 28.8. The summed E-state index contributed by atoms with van der Waals surface area (Å²) in [6.45, 7) is 3.87. The van der Waals surface area contributed by atoms with E-state index in [0.717, 1.165) is 28.8 Å².